The molecule has 0 radical (unpaired) electrons. The van der Waals surface area contributed by atoms with Crippen molar-refractivity contribution in [3.63, 3.8) is 0 Å². The highest BCUT2D eigenvalue weighted by molar-refractivity contribution is 6.05. The van der Waals surface area contributed by atoms with Crippen molar-refractivity contribution in [1.82, 2.24) is 25.6 Å². The summed E-state index contributed by atoms with van der Waals surface area (Å²) in [5.41, 5.74) is 15.0. The number of aliphatic carboxylic acids is 3. The molecular formula is C65H72N7O12+. The van der Waals surface area contributed by atoms with Gasteiger partial charge in [0.25, 0.3) is 0 Å². The van der Waals surface area contributed by atoms with Crippen LogP contribution in [0.2, 0.25) is 0 Å². The normalized spacial score (nSPS) is 13.0. The minimum absolute atomic E-state index is 0.111. The lowest BCUT2D eigenvalue weighted by atomic mass is 9.85. The predicted molar refractivity (Wildman–Crippen MR) is 314 cm³/mol. The first-order chi connectivity index (χ1) is 40.2. The number of pyridine rings is 1. The van der Waals surface area contributed by atoms with Crippen molar-refractivity contribution in [3.05, 3.63) is 185 Å². The van der Waals surface area contributed by atoms with E-state index < -0.39 is 134 Å². The van der Waals surface area contributed by atoms with Crippen LogP contribution in [0.25, 0.3) is 23.3 Å². The quantitative estimate of drug-likeness (QED) is 0.0130. The molecule has 438 valence electrons. The Morgan fingerprint density at radius 1 is 0.583 bits per heavy atom. The average molecular weight is 1140 g/mol. The van der Waals surface area contributed by atoms with Crippen molar-refractivity contribution in [2.24, 2.45) is 29.4 Å². The number of carbonyl (C=O) groups excluding carboxylic acids is 6. The van der Waals surface area contributed by atoms with Gasteiger partial charge in [-0.3, -0.25) is 43.0 Å². The number of hydrogen-bond donors (Lipinski definition) is 6. The SMILES string of the molecule is CC(=O)C[C@@H](CC(=O)O)C(=O)N[C@@H](CCC(=O)O)C(=O)C[C@H](C(=O)N[C@@H](CC(=O)O)C(=O)C[C@@H](Cc1cn(CCCC[n+]2ccc(/C=C/c3ccc(C(=C(c4ccccc4)c4ccccc4)c4ccccc4)cc3)cc2)nn1)C(N)=O)C(C)C. The van der Waals surface area contributed by atoms with Gasteiger partial charge in [0.05, 0.1) is 42.5 Å². The summed E-state index contributed by atoms with van der Waals surface area (Å²) >= 11 is 0. The second kappa shape index (κ2) is 31.6. The van der Waals surface area contributed by atoms with Crippen LogP contribution in [0.5, 0.6) is 0 Å². The highest BCUT2D eigenvalue weighted by Gasteiger charge is 2.35. The van der Waals surface area contributed by atoms with Crippen molar-refractivity contribution in [3.8, 4) is 0 Å². The maximum Gasteiger partial charge on any atom is 0.305 e. The summed E-state index contributed by atoms with van der Waals surface area (Å²) in [6, 6.07) is 41.0. The molecule has 6 rings (SSSR count). The monoisotopic (exact) mass is 1140 g/mol. The lowest BCUT2D eigenvalue weighted by Crippen LogP contribution is -2.49. The zero-order valence-electron chi connectivity index (χ0n) is 47.3. The number of carbonyl (C=O) groups is 9. The van der Waals surface area contributed by atoms with Crippen LogP contribution in [0.4, 0.5) is 0 Å². The Morgan fingerprint density at radius 3 is 1.60 bits per heavy atom. The second-order valence-electron chi connectivity index (χ2n) is 21.2. The molecule has 0 spiro atoms. The first-order valence-corrected chi connectivity index (χ1v) is 27.9. The summed E-state index contributed by atoms with van der Waals surface area (Å²) in [5, 5.41) is 41.5. The van der Waals surface area contributed by atoms with Crippen LogP contribution in [-0.2, 0) is 62.7 Å². The van der Waals surface area contributed by atoms with Gasteiger partial charge in [0.2, 0.25) is 17.7 Å². The summed E-state index contributed by atoms with van der Waals surface area (Å²) in [6.07, 6.45) is 7.05. The number of unbranched alkanes of at least 4 members (excludes halogenated alkanes) is 1. The van der Waals surface area contributed by atoms with Crippen LogP contribution in [0.1, 0.15) is 118 Å². The number of aryl methyl sites for hydroxylation is 2. The molecule has 4 aromatic carbocycles. The van der Waals surface area contributed by atoms with Crippen molar-refractivity contribution in [2.45, 2.75) is 110 Å². The van der Waals surface area contributed by atoms with Gasteiger partial charge < -0.3 is 36.5 Å². The topological polar surface area (TPSA) is 299 Å². The number of carboxylic acids is 3. The highest BCUT2D eigenvalue weighted by atomic mass is 16.4. The number of carboxylic acid groups (broad SMARTS) is 3. The Labute approximate surface area is 487 Å². The third-order valence-electron chi connectivity index (χ3n) is 14.3. The number of nitrogens with zero attached hydrogens (tertiary/aromatic N) is 4. The fraction of sp³-hybridized carbons (Fsp3) is 0.323. The molecule has 3 amide bonds. The van der Waals surface area contributed by atoms with Gasteiger partial charge in [0.1, 0.15) is 12.3 Å². The molecule has 0 aliphatic carbocycles. The molecule has 0 saturated heterocycles. The van der Waals surface area contributed by atoms with Crippen molar-refractivity contribution in [1.29, 1.82) is 0 Å². The van der Waals surface area contributed by atoms with Gasteiger partial charge in [-0.25, -0.2) is 4.57 Å². The molecule has 6 aromatic rings. The zero-order valence-corrected chi connectivity index (χ0v) is 47.3. The Morgan fingerprint density at radius 2 is 1.10 bits per heavy atom. The Hall–Kier alpha value is -9.52. The number of nitrogens with two attached hydrogens (primary N) is 1. The molecule has 2 aromatic heterocycles. The van der Waals surface area contributed by atoms with Crippen molar-refractivity contribution >= 4 is 76.3 Å². The van der Waals surface area contributed by atoms with Gasteiger partial charge >= 0.3 is 17.9 Å². The van der Waals surface area contributed by atoms with Crippen molar-refractivity contribution < 1.29 is 63.0 Å². The molecule has 0 aliphatic rings. The van der Waals surface area contributed by atoms with Crippen LogP contribution in [0.15, 0.2) is 146 Å². The third-order valence-corrected chi connectivity index (χ3v) is 14.3. The average Bonchev–Trinajstić information content (AvgIpc) is 2.73. The number of Topliss-reactive ketones (excluding diaryl/α,β-unsaturated/α-hetero) is 3. The Kier molecular flexibility index (Phi) is 24.0. The number of nitrogens with one attached hydrogen (secondary N) is 2. The first-order valence-electron chi connectivity index (χ1n) is 27.9. The van der Waals surface area contributed by atoms with Gasteiger partial charge in [0.15, 0.2) is 24.0 Å². The number of ketones is 3. The summed E-state index contributed by atoms with van der Waals surface area (Å²) in [7, 11) is 0. The largest absolute Gasteiger partial charge is 0.481 e. The highest BCUT2D eigenvalue weighted by Crippen LogP contribution is 2.37. The minimum atomic E-state index is -1.65. The molecule has 0 saturated carbocycles. The molecule has 2 heterocycles. The summed E-state index contributed by atoms with van der Waals surface area (Å²) < 4.78 is 3.71. The second-order valence-corrected chi connectivity index (χ2v) is 21.2. The van der Waals surface area contributed by atoms with E-state index in [-0.39, 0.29) is 6.42 Å². The molecule has 19 heteroatoms. The fourth-order valence-corrected chi connectivity index (χ4v) is 9.80. The number of amides is 3. The van der Waals surface area contributed by atoms with Gasteiger partial charge in [-0.15, -0.1) is 5.10 Å². The van der Waals surface area contributed by atoms with E-state index in [1.807, 2.05) is 30.6 Å². The smallest absolute Gasteiger partial charge is 0.305 e. The minimum Gasteiger partial charge on any atom is -0.481 e. The Balaban J connectivity index is 1.01. The maximum atomic E-state index is 13.8. The van der Waals surface area contributed by atoms with E-state index in [2.05, 4.69) is 147 Å². The third kappa shape index (κ3) is 19.9. The molecule has 19 nitrogen and oxygen atoms in total. The predicted octanol–water partition coefficient (Wildman–Crippen LogP) is 7.44. The van der Waals surface area contributed by atoms with E-state index in [4.69, 9.17) is 5.73 Å². The standard InChI is InChI=1S/C65H71N7O12/c1-42(2)53(39-57(75)54(27-28-58(76)77)67-64(83)51(35-43(3)73)38-59(78)79)65(84)68-55(40-60(80)81)56(74)37-50(63(66)82)36-52-41-72(70-69-52)32-14-13-31-71-33-29-45(30-34-71)22-21-44-23-25-49(26-24-44)62(48-19-11-6-12-20-48)61(46-15-7-4-8-16-46)47-17-9-5-10-18-47/h4-12,15-26,29-30,33-34,41-42,50-51,53-55H,13-14,27-28,31-32,35-40H2,1-3H3,(H6-,66,67,68,76,77,78,79,80,81,82,83,84)/p+1/b22-21+/t50-,51+,53+,54+,55+/m1/s1. The number of aromatic nitrogens is 4. The first kappa shape index (κ1) is 63.7. The summed E-state index contributed by atoms with van der Waals surface area (Å²) in [5.74, 6) is -13.4. The lowest BCUT2D eigenvalue weighted by Gasteiger charge is -2.26. The lowest BCUT2D eigenvalue weighted by molar-refractivity contribution is -0.697. The molecule has 0 unspecified atom stereocenters. The molecule has 5 atom stereocenters. The van der Waals surface area contributed by atoms with Crippen LogP contribution in [0, 0.1) is 23.7 Å². The van der Waals surface area contributed by atoms with Crippen molar-refractivity contribution in [2.75, 3.05) is 0 Å². The van der Waals surface area contributed by atoms with Gasteiger partial charge in [-0.05, 0) is 70.2 Å². The van der Waals surface area contributed by atoms with Crippen LogP contribution in [0.3, 0.4) is 0 Å². The summed E-state index contributed by atoms with van der Waals surface area (Å²) in [4.78, 5) is 114. The van der Waals surface area contributed by atoms with Gasteiger partial charge in [-0.1, -0.05) is 146 Å². The van der Waals surface area contributed by atoms with Gasteiger partial charge in [0, 0.05) is 69.3 Å². The molecule has 0 aliphatic heterocycles. The number of hydrogen-bond acceptors (Lipinski definition) is 11. The summed E-state index contributed by atoms with van der Waals surface area (Å²) in [6.45, 7) is 5.54. The fourth-order valence-electron chi connectivity index (χ4n) is 9.80. The van der Waals surface area contributed by atoms with Crippen LogP contribution >= 0.6 is 0 Å². The van der Waals surface area contributed by atoms with Gasteiger partial charge in [-0.2, -0.15) is 0 Å². The number of primary amides is 1. The van der Waals surface area contributed by atoms with Crippen LogP contribution in [-0.4, -0.2) is 95.4 Å². The zero-order chi connectivity index (χ0) is 60.7. The molecular weight excluding hydrogens is 1070 g/mol. The molecule has 0 fully saturated rings. The van der Waals surface area contributed by atoms with E-state index in [9.17, 15) is 58.5 Å². The van der Waals surface area contributed by atoms with E-state index in [1.54, 1.807) is 24.7 Å². The molecule has 0 bridgehead atoms. The van der Waals surface area contributed by atoms with E-state index in [0.717, 1.165) is 70.8 Å². The van der Waals surface area contributed by atoms with E-state index in [0.29, 0.717) is 12.2 Å². The number of rotatable bonds is 34. The van der Waals surface area contributed by atoms with E-state index in [1.165, 1.54) is 0 Å². The van der Waals surface area contributed by atoms with E-state index >= 15 is 0 Å². The Bertz CT molecular complexity index is 3250. The maximum absolute atomic E-state index is 13.8. The number of benzene rings is 4. The molecule has 84 heavy (non-hydrogen) atoms. The molecule has 7 N–H and O–H groups in total. The van der Waals surface area contributed by atoms with Crippen LogP contribution < -0.4 is 20.9 Å².